The van der Waals surface area contributed by atoms with Gasteiger partial charge in [0.15, 0.2) is 0 Å². The van der Waals surface area contributed by atoms with Crippen LogP contribution in [0.5, 0.6) is 0 Å². The van der Waals surface area contributed by atoms with Crippen LogP contribution >= 0.6 is 0 Å². The minimum absolute atomic E-state index is 0.479. The van der Waals surface area contributed by atoms with E-state index in [1.165, 1.54) is 38.6 Å². The fourth-order valence-corrected chi connectivity index (χ4v) is 2.00. The predicted octanol–water partition coefficient (Wildman–Crippen LogP) is 1.50. The largest absolute Gasteiger partial charge is 0.328 e. The Morgan fingerprint density at radius 3 is 2.92 bits per heavy atom. The van der Waals surface area contributed by atoms with Crippen LogP contribution in [-0.2, 0) is 0 Å². The summed E-state index contributed by atoms with van der Waals surface area (Å²) < 4.78 is 0. The first kappa shape index (κ1) is 10.0. The molecule has 0 amide bonds. The van der Waals surface area contributed by atoms with E-state index >= 15 is 0 Å². The Labute approximate surface area is 75.9 Å². The lowest BCUT2D eigenvalue weighted by molar-refractivity contribution is 0.311. The molecule has 1 saturated carbocycles. The van der Waals surface area contributed by atoms with E-state index in [0.29, 0.717) is 6.04 Å². The van der Waals surface area contributed by atoms with Gasteiger partial charge in [-0.25, -0.2) is 0 Å². The van der Waals surface area contributed by atoms with E-state index in [4.69, 9.17) is 5.73 Å². The highest BCUT2D eigenvalue weighted by Crippen LogP contribution is 2.22. The highest BCUT2D eigenvalue weighted by atomic mass is 14.9. The highest BCUT2D eigenvalue weighted by Gasteiger charge is 2.18. The van der Waals surface area contributed by atoms with Crippen molar-refractivity contribution >= 4 is 0 Å². The molecular weight excluding hydrogens is 148 g/mol. The first-order valence-electron chi connectivity index (χ1n) is 5.29. The quantitative estimate of drug-likeness (QED) is 0.628. The van der Waals surface area contributed by atoms with Crippen LogP contribution in [0.3, 0.4) is 0 Å². The maximum atomic E-state index is 5.90. The van der Waals surface area contributed by atoms with Crippen LogP contribution < -0.4 is 11.1 Å². The second-order valence-electron chi connectivity index (χ2n) is 4.00. The molecule has 1 fully saturated rings. The minimum atomic E-state index is 0.479. The molecule has 2 heteroatoms. The van der Waals surface area contributed by atoms with Crippen molar-refractivity contribution in [2.45, 2.75) is 45.1 Å². The lowest BCUT2D eigenvalue weighted by atomic mass is 9.86. The predicted molar refractivity (Wildman–Crippen MR) is 53.1 cm³/mol. The normalized spacial score (nSPS) is 30.5. The number of nitrogens with two attached hydrogens (primary N) is 1. The summed E-state index contributed by atoms with van der Waals surface area (Å²) in [7, 11) is 0. The molecule has 72 valence electrons. The summed E-state index contributed by atoms with van der Waals surface area (Å²) in [6.07, 6.45) is 6.42. The molecule has 0 saturated heterocycles. The summed E-state index contributed by atoms with van der Waals surface area (Å²) in [5.41, 5.74) is 5.90. The molecule has 12 heavy (non-hydrogen) atoms. The Morgan fingerprint density at radius 1 is 1.42 bits per heavy atom. The van der Waals surface area contributed by atoms with E-state index in [1.807, 2.05) is 0 Å². The smallest absolute Gasteiger partial charge is 0.00419 e. The van der Waals surface area contributed by atoms with Crippen molar-refractivity contribution in [3.63, 3.8) is 0 Å². The second-order valence-corrected chi connectivity index (χ2v) is 4.00. The van der Waals surface area contributed by atoms with Crippen LogP contribution in [-0.4, -0.2) is 19.1 Å². The van der Waals surface area contributed by atoms with E-state index in [1.54, 1.807) is 0 Å². The number of hydrogen-bond donors (Lipinski definition) is 2. The second kappa shape index (κ2) is 5.55. The lowest BCUT2D eigenvalue weighted by Gasteiger charge is -2.26. The molecule has 0 aromatic heterocycles. The lowest BCUT2D eigenvalue weighted by Crippen LogP contribution is -2.33. The van der Waals surface area contributed by atoms with Gasteiger partial charge in [0.05, 0.1) is 0 Å². The number of hydrogen-bond acceptors (Lipinski definition) is 2. The number of nitrogens with one attached hydrogen (secondary N) is 1. The van der Waals surface area contributed by atoms with Gasteiger partial charge in [0.1, 0.15) is 0 Å². The molecule has 2 unspecified atom stereocenters. The third kappa shape index (κ3) is 3.55. The minimum Gasteiger partial charge on any atom is -0.328 e. The van der Waals surface area contributed by atoms with Crippen molar-refractivity contribution < 1.29 is 0 Å². The zero-order valence-corrected chi connectivity index (χ0v) is 8.18. The van der Waals surface area contributed by atoms with Crippen molar-refractivity contribution in [3.05, 3.63) is 0 Å². The van der Waals surface area contributed by atoms with Gasteiger partial charge >= 0.3 is 0 Å². The molecule has 1 aliphatic carbocycles. The first-order valence-corrected chi connectivity index (χ1v) is 5.29. The van der Waals surface area contributed by atoms with Gasteiger partial charge in [-0.2, -0.15) is 0 Å². The molecule has 3 N–H and O–H groups in total. The summed E-state index contributed by atoms with van der Waals surface area (Å²) in [4.78, 5) is 0. The zero-order chi connectivity index (χ0) is 8.81. The third-order valence-electron chi connectivity index (χ3n) is 2.68. The first-order chi connectivity index (χ1) is 5.83. The van der Waals surface area contributed by atoms with E-state index < -0.39 is 0 Å². The van der Waals surface area contributed by atoms with Gasteiger partial charge in [0.2, 0.25) is 0 Å². The van der Waals surface area contributed by atoms with Crippen LogP contribution in [0.15, 0.2) is 0 Å². The van der Waals surface area contributed by atoms with Crippen molar-refractivity contribution in [1.29, 1.82) is 0 Å². The van der Waals surface area contributed by atoms with E-state index in [0.717, 1.165) is 12.5 Å². The fourth-order valence-electron chi connectivity index (χ4n) is 2.00. The summed E-state index contributed by atoms with van der Waals surface area (Å²) in [6, 6.07) is 0.479. The molecule has 0 aliphatic heterocycles. The Bertz CT molecular complexity index is 114. The maximum Gasteiger partial charge on any atom is 0.00419 e. The van der Waals surface area contributed by atoms with Gasteiger partial charge < -0.3 is 11.1 Å². The standard InChI is InChI=1S/C10H22N2/c1-2-6-12-8-9-4-3-5-10(11)7-9/h9-10,12H,2-8,11H2,1H3. The Balaban J connectivity index is 2.06. The molecule has 2 atom stereocenters. The third-order valence-corrected chi connectivity index (χ3v) is 2.68. The van der Waals surface area contributed by atoms with Crippen molar-refractivity contribution in [2.24, 2.45) is 11.7 Å². The molecule has 0 aromatic carbocycles. The van der Waals surface area contributed by atoms with Gasteiger partial charge in [0, 0.05) is 6.04 Å². The van der Waals surface area contributed by atoms with Crippen molar-refractivity contribution in [3.8, 4) is 0 Å². The SMILES string of the molecule is CCCNCC1CCCC(N)C1. The van der Waals surface area contributed by atoms with Crippen LogP contribution in [0, 0.1) is 5.92 Å². The van der Waals surface area contributed by atoms with Crippen LogP contribution in [0.25, 0.3) is 0 Å². The topological polar surface area (TPSA) is 38.0 Å². The monoisotopic (exact) mass is 170 g/mol. The van der Waals surface area contributed by atoms with Gasteiger partial charge in [-0.1, -0.05) is 13.3 Å². The van der Waals surface area contributed by atoms with Gasteiger partial charge in [0.25, 0.3) is 0 Å². The summed E-state index contributed by atoms with van der Waals surface area (Å²) in [6.45, 7) is 4.55. The Morgan fingerprint density at radius 2 is 2.25 bits per heavy atom. The molecule has 0 heterocycles. The molecule has 0 aromatic rings. The van der Waals surface area contributed by atoms with Crippen LogP contribution in [0.4, 0.5) is 0 Å². The fraction of sp³-hybridized carbons (Fsp3) is 1.00. The van der Waals surface area contributed by atoms with Crippen LogP contribution in [0.1, 0.15) is 39.0 Å². The van der Waals surface area contributed by atoms with Crippen molar-refractivity contribution in [1.82, 2.24) is 5.32 Å². The van der Waals surface area contributed by atoms with Gasteiger partial charge in [-0.05, 0) is 44.7 Å². The zero-order valence-electron chi connectivity index (χ0n) is 8.18. The van der Waals surface area contributed by atoms with Gasteiger partial charge in [-0.15, -0.1) is 0 Å². The van der Waals surface area contributed by atoms with Crippen LogP contribution in [0.2, 0.25) is 0 Å². The summed E-state index contributed by atoms with van der Waals surface area (Å²) in [5.74, 6) is 0.847. The Hall–Kier alpha value is -0.0800. The highest BCUT2D eigenvalue weighted by molar-refractivity contribution is 4.76. The maximum absolute atomic E-state index is 5.90. The molecular formula is C10H22N2. The van der Waals surface area contributed by atoms with E-state index in [9.17, 15) is 0 Å². The van der Waals surface area contributed by atoms with Gasteiger partial charge in [-0.3, -0.25) is 0 Å². The molecule has 0 spiro atoms. The molecule has 0 radical (unpaired) electrons. The van der Waals surface area contributed by atoms with E-state index in [2.05, 4.69) is 12.2 Å². The average molecular weight is 170 g/mol. The summed E-state index contributed by atoms with van der Waals surface area (Å²) >= 11 is 0. The summed E-state index contributed by atoms with van der Waals surface area (Å²) in [5, 5.41) is 3.47. The molecule has 1 aliphatic rings. The molecule has 0 bridgehead atoms. The number of rotatable bonds is 4. The average Bonchev–Trinajstić information content (AvgIpc) is 2.05. The Kier molecular flexibility index (Phi) is 4.62. The van der Waals surface area contributed by atoms with Crippen molar-refractivity contribution in [2.75, 3.05) is 13.1 Å². The van der Waals surface area contributed by atoms with E-state index in [-0.39, 0.29) is 0 Å². The molecule has 1 rings (SSSR count). The molecule has 2 nitrogen and oxygen atoms in total.